The number of hydrogen-bond donors (Lipinski definition) is 0. The minimum Gasteiger partial charge on any atom is -0.232 e. The minimum absolute atomic E-state index is 0.247. The third kappa shape index (κ3) is 1.08. The second-order valence-corrected chi connectivity index (χ2v) is 5.17. The molecular weight excluding hydrogens is 236 g/mol. The van der Waals surface area contributed by atoms with E-state index >= 15 is 0 Å². The number of hydrogen-bond acceptors (Lipinski definition) is 3. The van der Waals surface area contributed by atoms with Crippen molar-refractivity contribution >= 4 is 27.3 Å². The Kier molecular flexibility index (Phi) is 1.93. The third-order valence-electron chi connectivity index (χ3n) is 2.39. The van der Waals surface area contributed by atoms with Crippen molar-refractivity contribution in [2.45, 2.75) is 24.7 Å². The van der Waals surface area contributed by atoms with Crippen LogP contribution in [0.4, 0.5) is 0 Å². The average Bonchev–Trinajstić information content (AvgIpc) is 2.35. The van der Waals surface area contributed by atoms with Gasteiger partial charge < -0.3 is 0 Å². The van der Waals surface area contributed by atoms with Gasteiger partial charge in [-0.3, -0.25) is 0 Å². The predicted octanol–water partition coefficient (Wildman–Crippen LogP) is 2.85. The summed E-state index contributed by atoms with van der Waals surface area (Å²) in [5.41, 5.74) is 0.704. The molecule has 1 aromatic heterocycles. The Morgan fingerprint density at radius 3 is 2.75 bits per heavy atom. The molecule has 2 rings (SSSR count). The molecule has 1 heterocycles. The van der Waals surface area contributed by atoms with E-state index in [2.05, 4.69) is 27.0 Å². The summed E-state index contributed by atoms with van der Waals surface area (Å²) < 4.78 is 0.874. The van der Waals surface area contributed by atoms with Gasteiger partial charge >= 0.3 is 0 Å². The number of nitrogens with zero attached hydrogens (tertiary/aromatic N) is 2. The van der Waals surface area contributed by atoms with Gasteiger partial charge in [-0.1, -0.05) is 0 Å². The van der Waals surface area contributed by atoms with Crippen LogP contribution in [0.2, 0.25) is 0 Å². The molecule has 2 nitrogen and oxygen atoms in total. The molecule has 1 saturated carbocycles. The van der Waals surface area contributed by atoms with Crippen LogP contribution >= 0.6 is 27.3 Å². The van der Waals surface area contributed by atoms with E-state index in [4.69, 9.17) is 5.26 Å². The van der Waals surface area contributed by atoms with Crippen LogP contribution in [0.1, 0.15) is 25.0 Å². The highest BCUT2D eigenvalue weighted by molar-refractivity contribution is 9.11. The lowest BCUT2D eigenvalue weighted by Gasteiger charge is -2.33. The second-order valence-electron chi connectivity index (χ2n) is 3.03. The molecule has 1 aliphatic rings. The molecule has 4 heteroatoms. The quantitative estimate of drug-likeness (QED) is 0.760. The Balaban J connectivity index is 2.35. The number of rotatable bonds is 1. The van der Waals surface area contributed by atoms with Crippen molar-refractivity contribution in [2.75, 3.05) is 0 Å². The number of halogens is 1. The highest BCUT2D eigenvalue weighted by Crippen LogP contribution is 2.43. The normalized spacial score (nSPS) is 19.7. The first-order chi connectivity index (χ1) is 5.77. The molecule has 0 radical (unpaired) electrons. The highest BCUT2D eigenvalue weighted by Gasteiger charge is 2.40. The van der Waals surface area contributed by atoms with E-state index < -0.39 is 0 Å². The van der Waals surface area contributed by atoms with Crippen LogP contribution in [0.25, 0.3) is 0 Å². The van der Waals surface area contributed by atoms with Gasteiger partial charge in [-0.2, -0.15) is 5.26 Å². The first kappa shape index (κ1) is 8.21. The number of thiazole rings is 1. The van der Waals surface area contributed by atoms with Crippen molar-refractivity contribution in [3.8, 4) is 6.07 Å². The van der Waals surface area contributed by atoms with Crippen LogP contribution in [0, 0.1) is 11.3 Å². The average molecular weight is 243 g/mol. The molecule has 12 heavy (non-hydrogen) atoms. The Bertz CT molecular complexity index is 335. The lowest BCUT2D eigenvalue weighted by atomic mass is 9.68. The summed E-state index contributed by atoms with van der Waals surface area (Å²) in [5.74, 6) is 0. The van der Waals surface area contributed by atoms with Crippen LogP contribution in [0.3, 0.4) is 0 Å². The van der Waals surface area contributed by atoms with Crippen LogP contribution in [0.15, 0.2) is 9.30 Å². The van der Waals surface area contributed by atoms with Crippen LogP contribution in [-0.4, -0.2) is 4.98 Å². The van der Waals surface area contributed by atoms with Crippen LogP contribution in [0.5, 0.6) is 0 Å². The van der Waals surface area contributed by atoms with E-state index in [1.807, 2.05) is 5.38 Å². The zero-order valence-corrected chi connectivity index (χ0v) is 8.78. The molecular formula is C8H7BrN2S. The minimum atomic E-state index is -0.247. The summed E-state index contributed by atoms with van der Waals surface area (Å²) >= 11 is 4.86. The van der Waals surface area contributed by atoms with E-state index in [-0.39, 0.29) is 5.41 Å². The molecule has 62 valence electrons. The Morgan fingerprint density at radius 1 is 1.67 bits per heavy atom. The van der Waals surface area contributed by atoms with Crippen LogP contribution in [-0.2, 0) is 5.41 Å². The Hall–Kier alpha value is -0.400. The molecule has 0 aromatic carbocycles. The maximum atomic E-state index is 9.00. The van der Waals surface area contributed by atoms with Crippen molar-refractivity contribution < 1.29 is 0 Å². The summed E-state index contributed by atoms with van der Waals surface area (Å²) in [6, 6.07) is 2.37. The summed E-state index contributed by atoms with van der Waals surface area (Å²) in [6.45, 7) is 0. The summed E-state index contributed by atoms with van der Waals surface area (Å²) in [7, 11) is 0. The SMILES string of the molecule is N#CC1(c2csc(Br)n2)CCC1. The molecule has 0 aliphatic heterocycles. The Morgan fingerprint density at radius 2 is 2.42 bits per heavy atom. The number of aromatic nitrogens is 1. The molecule has 0 atom stereocenters. The van der Waals surface area contributed by atoms with Crippen molar-refractivity contribution in [3.63, 3.8) is 0 Å². The van der Waals surface area contributed by atoms with Gasteiger partial charge in [-0.25, -0.2) is 4.98 Å². The first-order valence-corrected chi connectivity index (χ1v) is 5.47. The fraction of sp³-hybridized carbons (Fsp3) is 0.500. The maximum absolute atomic E-state index is 9.00. The molecule has 1 fully saturated rings. The molecule has 0 spiro atoms. The predicted molar refractivity (Wildman–Crippen MR) is 51.0 cm³/mol. The van der Waals surface area contributed by atoms with E-state index in [0.717, 1.165) is 28.9 Å². The van der Waals surface area contributed by atoms with Crippen molar-refractivity contribution in [3.05, 3.63) is 15.0 Å². The van der Waals surface area contributed by atoms with Crippen molar-refractivity contribution in [2.24, 2.45) is 0 Å². The summed E-state index contributed by atoms with van der Waals surface area (Å²) in [5, 5.41) is 11.0. The zero-order chi connectivity index (χ0) is 8.60. The highest BCUT2D eigenvalue weighted by atomic mass is 79.9. The molecule has 1 aromatic rings. The molecule has 0 saturated heterocycles. The van der Waals surface area contributed by atoms with E-state index in [1.165, 1.54) is 0 Å². The molecule has 0 N–H and O–H groups in total. The van der Waals surface area contributed by atoms with Gasteiger partial charge in [0.15, 0.2) is 3.92 Å². The van der Waals surface area contributed by atoms with Gasteiger partial charge in [0.1, 0.15) is 5.41 Å². The Labute approximate surface area is 83.4 Å². The lowest BCUT2D eigenvalue weighted by Crippen LogP contribution is -2.32. The van der Waals surface area contributed by atoms with Gasteiger partial charge in [0, 0.05) is 5.38 Å². The van der Waals surface area contributed by atoms with Crippen LogP contribution < -0.4 is 0 Å². The van der Waals surface area contributed by atoms with Crippen molar-refractivity contribution in [1.29, 1.82) is 5.26 Å². The topological polar surface area (TPSA) is 36.7 Å². The molecule has 0 bridgehead atoms. The smallest absolute Gasteiger partial charge is 0.159 e. The van der Waals surface area contributed by atoms with Gasteiger partial charge in [-0.15, -0.1) is 11.3 Å². The van der Waals surface area contributed by atoms with Gasteiger partial charge in [-0.05, 0) is 35.2 Å². The van der Waals surface area contributed by atoms with E-state index in [9.17, 15) is 0 Å². The van der Waals surface area contributed by atoms with E-state index in [1.54, 1.807) is 11.3 Å². The fourth-order valence-corrected chi connectivity index (χ4v) is 2.54. The standard InChI is InChI=1S/C8H7BrN2S/c9-7-11-6(4-12-7)8(5-10)2-1-3-8/h4H,1-3H2. The lowest BCUT2D eigenvalue weighted by molar-refractivity contribution is 0.317. The van der Waals surface area contributed by atoms with E-state index in [0.29, 0.717) is 0 Å². The maximum Gasteiger partial charge on any atom is 0.159 e. The summed E-state index contributed by atoms with van der Waals surface area (Å²) in [6.07, 6.45) is 3.10. The molecule has 0 amide bonds. The molecule has 0 unspecified atom stereocenters. The third-order valence-corrected chi connectivity index (χ3v) is 3.75. The van der Waals surface area contributed by atoms with Gasteiger partial charge in [0.25, 0.3) is 0 Å². The number of nitriles is 1. The largest absolute Gasteiger partial charge is 0.232 e. The molecule has 1 aliphatic carbocycles. The van der Waals surface area contributed by atoms with Crippen molar-refractivity contribution in [1.82, 2.24) is 4.98 Å². The zero-order valence-electron chi connectivity index (χ0n) is 6.38. The monoisotopic (exact) mass is 242 g/mol. The summed E-state index contributed by atoms with van der Waals surface area (Å²) in [4.78, 5) is 4.29. The van der Waals surface area contributed by atoms with Gasteiger partial charge in [0.05, 0.1) is 11.8 Å². The second kappa shape index (κ2) is 2.82. The first-order valence-electron chi connectivity index (χ1n) is 3.80. The van der Waals surface area contributed by atoms with Gasteiger partial charge in [0.2, 0.25) is 0 Å². The fourth-order valence-electron chi connectivity index (χ4n) is 1.43.